The highest BCUT2D eigenvalue weighted by molar-refractivity contribution is 7.17. The van der Waals surface area contributed by atoms with Gasteiger partial charge in [0.2, 0.25) is 0 Å². The zero-order chi connectivity index (χ0) is 13.1. The van der Waals surface area contributed by atoms with Crippen LogP contribution in [0.25, 0.3) is 10.2 Å². The molecule has 0 fully saturated rings. The van der Waals surface area contributed by atoms with Gasteiger partial charge in [-0.3, -0.25) is 9.36 Å². The van der Waals surface area contributed by atoms with Crippen LogP contribution in [0, 0.1) is 0 Å². The maximum atomic E-state index is 12.2. The van der Waals surface area contributed by atoms with Crippen LogP contribution in [0.15, 0.2) is 52.9 Å². The van der Waals surface area contributed by atoms with Crippen molar-refractivity contribution in [2.45, 2.75) is 19.4 Å². The van der Waals surface area contributed by atoms with Gasteiger partial charge < -0.3 is 0 Å². The summed E-state index contributed by atoms with van der Waals surface area (Å²) in [5.74, 6) is 0. The second-order valence-electron chi connectivity index (χ2n) is 4.47. The fraction of sp³-hybridized carbons (Fsp3) is 0.200. The van der Waals surface area contributed by atoms with Crippen LogP contribution in [0.1, 0.15) is 12.0 Å². The van der Waals surface area contributed by atoms with E-state index in [1.165, 1.54) is 16.9 Å². The first kappa shape index (κ1) is 12.1. The Morgan fingerprint density at radius 3 is 2.84 bits per heavy atom. The van der Waals surface area contributed by atoms with E-state index >= 15 is 0 Å². The third-order valence-electron chi connectivity index (χ3n) is 3.14. The van der Waals surface area contributed by atoms with E-state index in [0.717, 1.165) is 23.1 Å². The first-order valence-electron chi connectivity index (χ1n) is 6.31. The van der Waals surface area contributed by atoms with E-state index < -0.39 is 0 Å². The standard InChI is InChI=1S/C15H14N2OS/c18-15-14-13(8-10-19-14)16-11-17(15)9-4-7-12-5-2-1-3-6-12/h1-3,5-6,8,10-11H,4,7,9H2. The number of nitrogens with zero attached hydrogens (tertiary/aromatic N) is 2. The van der Waals surface area contributed by atoms with Crippen molar-refractivity contribution in [3.8, 4) is 0 Å². The normalized spacial score (nSPS) is 10.9. The molecule has 3 aromatic rings. The van der Waals surface area contributed by atoms with Crippen molar-refractivity contribution in [2.75, 3.05) is 0 Å². The number of fused-ring (bicyclic) bond motifs is 1. The van der Waals surface area contributed by atoms with Crippen LogP contribution in [0.2, 0.25) is 0 Å². The Labute approximate surface area is 115 Å². The average Bonchev–Trinajstić information content (AvgIpc) is 2.92. The number of hydrogen-bond donors (Lipinski definition) is 0. The minimum absolute atomic E-state index is 0.0769. The number of aromatic nitrogens is 2. The zero-order valence-corrected chi connectivity index (χ0v) is 11.3. The lowest BCUT2D eigenvalue weighted by Gasteiger charge is -2.05. The zero-order valence-electron chi connectivity index (χ0n) is 10.5. The van der Waals surface area contributed by atoms with Gasteiger partial charge in [-0.1, -0.05) is 30.3 Å². The lowest BCUT2D eigenvalue weighted by molar-refractivity contribution is 0.618. The van der Waals surface area contributed by atoms with E-state index in [-0.39, 0.29) is 5.56 Å². The number of hydrogen-bond acceptors (Lipinski definition) is 3. The Hall–Kier alpha value is -1.94. The molecule has 0 spiro atoms. The van der Waals surface area contributed by atoms with Gasteiger partial charge in [-0.2, -0.15) is 0 Å². The van der Waals surface area contributed by atoms with Gasteiger partial charge in [0.25, 0.3) is 5.56 Å². The molecule has 3 nitrogen and oxygen atoms in total. The molecular formula is C15H14N2OS. The largest absolute Gasteiger partial charge is 0.298 e. The predicted octanol–water partition coefficient (Wildman–Crippen LogP) is 3.09. The number of benzene rings is 1. The maximum absolute atomic E-state index is 12.2. The molecule has 96 valence electrons. The predicted molar refractivity (Wildman–Crippen MR) is 78.6 cm³/mol. The van der Waals surface area contributed by atoms with Crippen LogP contribution in [0.4, 0.5) is 0 Å². The third kappa shape index (κ3) is 2.58. The molecule has 3 rings (SSSR count). The fourth-order valence-corrected chi connectivity index (χ4v) is 2.93. The van der Waals surface area contributed by atoms with E-state index in [4.69, 9.17) is 0 Å². The lowest BCUT2D eigenvalue weighted by Crippen LogP contribution is -2.19. The third-order valence-corrected chi connectivity index (χ3v) is 4.03. The summed E-state index contributed by atoms with van der Waals surface area (Å²) in [6, 6.07) is 12.2. The van der Waals surface area contributed by atoms with Gasteiger partial charge in [0, 0.05) is 6.54 Å². The molecule has 4 heteroatoms. The molecule has 0 aliphatic heterocycles. The second-order valence-corrected chi connectivity index (χ2v) is 5.38. The summed E-state index contributed by atoms with van der Waals surface area (Å²) in [6.07, 6.45) is 3.58. The van der Waals surface area contributed by atoms with E-state index in [1.807, 2.05) is 29.6 Å². The van der Waals surface area contributed by atoms with E-state index in [1.54, 1.807) is 10.9 Å². The van der Waals surface area contributed by atoms with Crippen molar-refractivity contribution in [3.05, 3.63) is 64.0 Å². The van der Waals surface area contributed by atoms with Crippen molar-refractivity contribution < 1.29 is 0 Å². The van der Waals surface area contributed by atoms with Crippen molar-refractivity contribution in [1.29, 1.82) is 0 Å². The highest BCUT2D eigenvalue weighted by Gasteiger charge is 2.04. The van der Waals surface area contributed by atoms with Crippen molar-refractivity contribution in [2.24, 2.45) is 0 Å². The monoisotopic (exact) mass is 270 g/mol. The van der Waals surface area contributed by atoms with Gasteiger partial charge >= 0.3 is 0 Å². The highest BCUT2D eigenvalue weighted by atomic mass is 32.1. The van der Waals surface area contributed by atoms with Crippen LogP contribution in [-0.2, 0) is 13.0 Å². The van der Waals surface area contributed by atoms with Gasteiger partial charge in [-0.15, -0.1) is 11.3 Å². The van der Waals surface area contributed by atoms with Crippen molar-refractivity contribution in [3.63, 3.8) is 0 Å². The van der Waals surface area contributed by atoms with Gasteiger partial charge in [0.05, 0.1) is 11.8 Å². The summed E-state index contributed by atoms with van der Waals surface area (Å²) in [5.41, 5.74) is 2.18. The molecule has 0 aliphatic rings. The Balaban J connectivity index is 1.72. The molecule has 0 atom stereocenters. The molecule has 2 aromatic heterocycles. The van der Waals surface area contributed by atoms with Crippen LogP contribution < -0.4 is 5.56 Å². The van der Waals surface area contributed by atoms with Gasteiger partial charge in [0.1, 0.15) is 4.70 Å². The van der Waals surface area contributed by atoms with Crippen LogP contribution >= 0.6 is 11.3 Å². The Kier molecular flexibility index (Phi) is 3.42. The second kappa shape index (κ2) is 5.36. The molecule has 2 heterocycles. The number of thiophene rings is 1. The van der Waals surface area contributed by atoms with Gasteiger partial charge in [0.15, 0.2) is 0 Å². The Morgan fingerprint density at radius 1 is 1.16 bits per heavy atom. The molecule has 0 bridgehead atoms. The van der Waals surface area contributed by atoms with Crippen LogP contribution in [0.3, 0.4) is 0 Å². The summed E-state index contributed by atoms with van der Waals surface area (Å²) >= 11 is 1.46. The molecular weight excluding hydrogens is 256 g/mol. The topological polar surface area (TPSA) is 34.9 Å². The Morgan fingerprint density at radius 2 is 2.00 bits per heavy atom. The minimum Gasteiger partial charge on any atom is -0.298 e. The quantitative estimate of drug-likeness (QED) is 0.730. The van der Waals surface area contributed by atoms with Crippen LogP contribution in [0.5, 0.6) is 0 Å². The minimum atomic E-state index is 0.0769. The van der Waals surface area contributed by atoms with E-state index in [0.29, 0.717) is 6.54 Å². The van der Waals surface area contributed by atoms with Crippen molar-refractivity contribution >= 4 is 21.6 Å². The SMILES string of the molecule is O=c1c2sccc2ncn1CCCc1ccccc1. The first-order chi connectivity index (χ1) is 9.34. The summed E-state index contributed by atoms with van der Waals surface area (Å²) < 4.78 is 2.46. The summed E-state index contributed by atoms with van der Waals surface area (Å²) in [4.78, 5) is 16.5. The van der Waals surface area contributed by atoms with Gasteiger partial charge in [-0.05, 0) is 29.9 Å². The van der Waals surface area contributed by atoms with Gasteiger partial charge in [-0.25, -0.2) is 4.98 Å². The number of rotatable bonds is 4. The molecule has 1 aromatic carbocycles. The fourth-order valence-electron chi connectivity index (χ4n) is 2.14. The summed E-state index contributed by atoms with van der Waals surface area (Å²) in [6.45, 7) is 0.717. The summed E-state index contributed by atoms with van der Waals surface area (Å²) in [7, 11) is 0. The maximum Gasteiger partial charge on any atom is 0.271 e. The summed E-state index contributed by atoms with van der Waals surface area (Å²) in [5, 5.41) is 1.91. The average molecular weight is 270 g/mol. The van der Waals surface area contributed by atoms with E-state index in [2.05, 4.69) is 17.1 Å². The molecule has 0 saturated heterocycles. The smallest absolute Gasteiger partial charge is 0.271 e. The lowest BCUT2D eigenvalue weighted by atomic mass is 10.1. The van der Waals surface area contributed by atoms with E-state index in [9.17, 15) is 4.79 Å². The molecule has 0 amide bonds. The molecule has 19 heavy (non-hydrogen) atoms. The highest BCUT2D eigenvalue weighted by Crippen LogP contribution is 2.13. The van der Waals surface area contributed by atoms with Crippen molar-refractivity contribution in [1.82, 2.24) is 9.55 Å². The molecule has 0 saturated carbocycles. The molecule has 0 aliphatic carbocycles. The van der Waals surface area contributed by atoms with Crippen LogP contribution in [-0.4, -0.2) is 9.55 Å². The molecule has 0 radical (unpaired) electrons. The Bertz CT molecular complexity index is 730. The number of aryl methyl sites for hydroxylation is 2. The molecule has 0 N–H and O–H groups in total. The molecule has 0 unspecified atom stereocenters. The first-order valence-corrected chi connectivity index (χ1v) is 7.19.